The van der Waals surface area contributed by atoms with Crippen LogP contribution in [0.2, 0.25) is 0 Å². The Labute approximate surface area is 150 Å². The molecule has 0 spiro atoms. The van der Waals surface area contributed by atoms with Gasteiger partial charge in [0.2, 0.25) is 8.38 Å². The maximum Gasteiger partial charge on any atom is 0.349 e. The van der Waals surface area contributed by atoms with Gasteiger partial charge in [-0.15, -0.1) is 11.3 Å². The van der Waals surface area contributed by atoms with Gasteiger partial charge in [-0.2, -0.15) is 29.5 Å². The summed E-state index contributed by atoms with van der Waals surface area (Å²) in [4.78, 5) is 29.4. The average Bonchev–Trinajstić information content (AvgIpc) is 3.26. The van der Waals surface area contributed by atoms with E-state index in [1.54, 1.807) is 6.07 Å². The SMILES string of the molecule is N#Cc1c(C(F)(F)P(O)O)sc2ccc(C(=O)NCc3cn[nH]n3)cc12. The van der Waals surface area contributed by atoms with E-state index in [0.717, 1.165) is 0 Å². The molecule has 12 heteroatoms. The van der Waals surface area contributed by atoms with Crippen molar-refractivity contribution in [3.8, 4) is 6.07 Å². The highest BCUT2D eigenvalue weighted by molar-refractivity contribution is 7.46. The van der Waals surface area contributed by atoms with Crippen LogP contribution in [0.15, 0.2) is 24.4 Å². The number of fused-ring (bicyclic) bond motifs is 1. The molecule has 0 aliphatic carbocycles. The molecule has 2 aromatic heterocycles. The fraction of sp³-hybridized carbons (Fsp3) is 0.143. The Morgan fingerprint density at radius 3 is 2.85 bits per heavy atom. The number of thiophene rings is 1. The lowest BCUT2D eigenvalue weighted by molar-refractivity contribution is 0.0770. The minimum Gasteiger partial charge on any atom is -0.346 e. The molecule has 26 heavy (non-hydrogen) atoms. The number of alkyl halides is 2. The Kier molecular flexibility index (Phi) is 4.93. The van der Waals surface area contributed by atoms with Crippen molar-refractivity contribution in [1.29, 1.82) is 5.26 Å². The quantitative estimate of drug-likeness (QED) is 0.488. The van der Waals surface area contributed by atoms with Crippen molar-refractivity contribution >= 4 is 35.7 Å². The molecule has 0 bridgehead atoms. The first-order valence-electron chi connectivity index (χ1n) is 7.00. The zero-order valence-electron chi connectivity index (χ0n) is 12.8. The molecule has 0 fully saturated rings. The number of benzene rings is 1. The van der Waals surface area contributed by atoms with Crippen LogP contribution in [0.1, 0.15) is 26.5 Å². The third kappa shape index (κ3) is 3.27. The Hall–Kier alpha value is -2.51. The van der Waals surface area contributed by atoms with E-state index in [9.17, 15) is 18.8 Å². The van der Waals surface area contributed by atoms with Crippen molar-refractivity contribution in [2.75, 3.05) is 0 Å². The summed E-state index contributed by atoms with van der Waals surface area (Å²) in [5.74, 6) is -0.482. The molecule has 3 rings (SSSR count). The molecule has 0 radical (unpaired) electrons. The number of nitriles is 1. The van der Waals surface area contributed by atoms with Gasteiger partial charge in [-0.05, 0) is 18.2 Å². The van der Waals surface area contributed by atoms with Gasteiger partial charge in [0.15, 0.2) is 0 Å². The Bertz CT molecular complexity index is 1000. The molecule has 1 amide bonds. The van der Waals surface area contributed by atoms with Gasteiger partial charge in [0.05, 0.1) is 18.3 Å². The minimum atomic E-state index is -3.93. The number of halogens is 2. The standard InChI is InChI=1S/C14H10F2N5O3PS/c15-14(16,25(23)24)12-10(4-17)9-3-7(1-2-11(9)26-12)13(22)18-5-8-6-19-21-20-8/h1-3,6,23-24H,5H2,(H,18,22)(H,19,20,21). The van der Waals surface area contributed by atoms with E-state index in [-0.39, 0.29) is 23.1 Å². The summed E-state index contributed by atoms with van der Waals surface area (Å²) >= 11 is 0.585. The summed E-state index contributed by atoms with van der Waals surface area (Å²) in [5, 5.41) is 21.8. The molecule has 3 aromatic rings. The smallest absolute Gasteiger partial charge is 0.346 e. The molecule has 0 saturated heterocycles. The van der Waals surface area contributed by atoms with Crippen molar-refractivity contribution in [1.82, 2.24) is 20.7 Å². The fourth-order valence-electron chi connectivity index (χ4n) is 2.24. The first-order valence-corrected chi connectivity index (χ1v) is 9.06. The number of carbonyl (C=O) groups excluding carboxylic acids is 1. The summed E-state index contributed by atoms with van der Waals surface area (Å²) < 4.78 is 28.3. The molecule has 0 aliphatic heterocycles. The van der Waals surface area contributed by atoms with Crippen molar-refractivity contribution in [3.63, 3.8) is 0 Å². The molecule has 134 valence electrons. The molecule has 0 saturated carbocycles. The van der Waals surface area contributed by atoms with Crippen LogP contribution in [0.3, 0.4) is 0 Å². The summed E-state index contributed by atoms with van der Waals surface area (Å²) in [6.07, 6.45) is 1.44. The topological polar surface area (TPSA) is 135 Å². The van der Waals surface area contributed by atoms with Crippen molar-refractivity contribution < 1.29 is 23.4 Å². The van der Waals surface area contributed by atoms with E-state index < -0.39 is 24.8 Å². The fourth-order valence-corrected chi connectivity index (χ4v) is 3.92. The lowest BCUT2D eigenvalue weighted by atomic mass is 10.1. The van der Waals surface area contributed by atoms with E-state index in [1.807, 2.05) is 0 Å². The molecule has 0 unspecified atom stereocenters. The van der Waals surface area contributed by atoms with E-state index >= 15 is 0 Å². The molecule has 2 heterocycles. The summed E-state index contributed by atoms with van der Waals surface area (Å²) in [5.41, 5.74) is -3.63. The number of amides is 1. The molecule has 4 N–H and O–H groups in total. The van der Waals surface area contributed by atoms with Crippen LogP contribution in [0.25, 0.3) is 10.1 Å². The largest absolute Gasteiger partial charge is 0.349 e. The first-order chi connectivity index (χ1) is 12.3. The number of H-pyrrole nitrogens is 1. The van der Waals surface area contributed by atoms with Gasteiger partial charge in [-0.1, -0.05) is 0 Å². The van der Waals surface area contributed by atoms with Gasteiger partial charge in [0.1, 0.15) is 16.6 Å². The van der Waals surface area contributed by atoms with Gasteiger partial charge < -0.3 is 15.1 Å². The van der Waals surface area contributed by atoms with Crippen LogP contribution in [-0.4, -0.2) is 31.1 Å². The average molecular weight is 397 g/mol. The van der Waals surface area contributed by atoms with Crippen LogP contribution in [0.5, 0.6) is 0 Å². The molecule has 8 nitrogen and oxygen atoms in total. The van der Waals surface area contributed by atoms with Crippen molar-refractivity contribution in [2.24, 2.45) is 0 Å². The van der Waals surface area contributed by atoms with E-state index in [0.29, 0.717) is 21.7 Å². The Balaban J connectivity index is 1.95. The minimum absolute atomic E-state index is 0.116. The van der Waals surface area contributed by atoms with E-state index in [4.69, 9.17) is 9.79 Å². The van der Waals surface area contributed by atoms with Crippen molar-refractivity contribution in [3.05, 3.63) is 46.1 Å². The first kappa shape index (κ1) is 18.3. The van der Waals surface area contributed by atoms with E-state index in [2.05, 4.69) is 20.7 Å². The van der Waals surface area contributed by atoms with Crippen molar-refractivity contribution in [2.45, 2.75) is 12.2 Å². The maximum atomic E-state index is 14.0. The summed E-state index contributed by atoms with van der Waals surface area (Å²) in [6.45, 7) is 0.116. The number of hydrogen-bond acceptors (Lipinski definition) is 7. The second kappa shape index (κ2) is 7.01. The van der Waals surface area contributed by atoms with Gasteiger partial charge in [-0.25, -0.2) is 0 Å². The highest BCUT2D eigenvalue weighted by Crippen LogP contribution is 2.56. The predicted molar refractivity (Wildman–Crippen MR) is 89.3 cm³/mol. The third-order valence-corrected chi connectivity index (χ3v) is 5.60. The van der Waals surface area contributed by atoms with Crippen LogP contribution in [0.4, 0.5) is 8.78 Å². The van der Waals surface area contributed by atoms with Crippen LogP contribution in [-0.2, 0) is 12.2 Å². The highest BCUT2D eigenvalue weighted by atomic mass is 32.1. The van der Waals surface area contributed by atoms with Crippen LogP contribution < -0.4 is 5.32 Å². The number of nitrogens with zero attached hydrogens (tertiary/aromatic N) is 3. The van der Waals surface area contributed by atoms with Gasteiger partial charge >= 0.3 is 5.66 Å². The number of nitrogens with one attached hydrogen (secondary N) is 2. The molecular weight excluding hydrogens is 387 g/mol. The Morgan fingerprint density at radius 1 is 1.46 bits per heavy atom. The van der Waals surface area contributed by atoms with E-state index in [1.165, 1.54) is 24.4 Å². The molecule has 0 aliphatic rings. The van der Waals surface area contributed by atoms with Gasteiger partial charge in [0.25, 0.3) is 5.91 Å². The molecule has 1 aromatic carbocycles. The zero-order valence-corrected chi connectivity index (χ0v) is 14.5. The molecular formula is C14H10F2N5O3PS. The number of aromatic amines is 1. The summed E-state index contributed by atoms with van der Waals surface area (Å²) in [6, 6.07) is 5.85. The zero-order chi connectivity index (χ0) is 18.9. The monoisotopic (exact) mass is 397 g/mol. The number of aromatic nitrogens is 3. The second-order valence-corrected chi connectivity index (χ2v) is 7.30. The maximum absolute atomic E-state index is 14.0. The number of hydrogen-bond donors (Lipinski definition) is 4. The predicted octanol–water partition coefficient (Wildman–Crippen LogP) is 2.17. The normalized spacial score (nSPS) is 11.7. The van der Waals surface area contributed by atoms with Crippen LogP contribution in [0, 0.1) is 11.3 Å². The van der Waals surface area contributed by atoms with Gasteiger partial charge in [0, 0.05) is 15.6 Å². The lowest BCUT2D eigenvalue weighted by Gasteiger charge is -2.15. The van der Waals surface area contributed by atoms with Gasteiger partial charge in [-0.3, -0.25) is 4.79 Å². The second-order valence-electron chi connectivity index (χ2n) is 5.10. The molecule has 0 atom stereocenters. The number of rotatable bonds is 5. The van der Waals surface area contributed by atoms with Crippen LogP contribution >= 0.6 is 19.7 Å². The number of carbonyl (C=O) groups is 1. The third-order valence-electron chi connectivity index (χ3n) is 3.48. The highest BCUT2D eigenvalue weighted by Gasteiger charge is 2.45. The summed E-state index contributed by atoms with van der Waals surface area (Å²) in [7, 11) is -3.59. The Morgan fingerprint density at radius 2 is 2.23 bits per heavy atom. The lowest BCUT2D eigenvalue weighted by Crippen LogP contribution is -2.22.